The standard InChI is InChI=1S/C13H15BrClN3/c1-8(11-7-18(3)17-9(11)2)16-10-4-5-13(15)12(14)6-10/h4-8,16H,1-3H3. The van der Waals surface area contributed by atoms with Crippen molar-refractivity contribution in [2.75, 3.05) is 5.32 Å². The van der Waals surface area contributed by atoms with E-state index in [0.29, 0.717) is 5.02 Å². The Morgan fingerprint density at radius 3 is 2.72 bits per heavy atom. The summed E-state index contributed by atoms with van der Waals surface area (Å²) in [4.78, 5) is 0. The van der Waals surface area contributed by atoms with Crippen molar-refractivity contribution in [3.05, 3.63) is 45.1 Å². The maximum atomic E-state index is 5.97. The molecule has 0 aliphatic heterocycles. The molecule has 2 rings (SSSR count). The summed E-state index contributed by atoms with van der Waals surface area (Å²) in [6, 6.07) is 6.02. The van der Waals surface area contributed by atoms with Gasteiger partial charge in [-0.3, -0.25) is 4.68 Å². The number of aryl methyl sites for hydroxylation is 2. The number of nitrogens with one attached hydrogen (secondary N) is 1. The average Bonchev–Trinajstić information content (AvgIpc) is 2.63. The van der Waals surface area contributed by atoms with Gasteiger partial charge in [0, 0.05) is 29.0 Å². The van der Waals surface area contributed by atoms with Gasteiger partial charge in [0.25, 0.3) is 0 Å². The fraction of sp³-hybridized carbons (Fsp3) is 0.308. The molecule has 18 heavy (non-hydrogen) atoms. The van der Waals surface area contributed by atoms with Crippen LogP contribution in [0.25, 0.3) is 0 Å². The molecular weight excluding hydrogens is 314 g/mol. The first-order valence-corrected chi connectivity index (χ1v) is 6.86. The number of anilines is 1. The summed E-state index contributed by atoms with van der Waals surface area (Å²) < 4.78 is 2.73. The lowest BCUT2D eigenvalue weighted by Crippen LogP contribution is -2.07. The van der Waals surface area contributed by atoms with Gasteiger partial charge < -0.3 is 5.32 Å². The zero-order chi connectivity index (χ0) is 13.3. The molecule has 5 heteroatoms. The van der Waals surface area contributed by atoms with Crippen LogP contribution in [0.15, 0.2) is 28.9 Å². The van der Waals surface area contributed by atoms with Crippen molar-refractivity contribution in [2.45, 2.75) is 19.9 Å². The molecule has 1 N–H and O–H groups in total. The van der Waals surface area contributed by atoms with Crippen LogP contribution in [0.5, 0.6) is 0 Å². The van der Waals surface area contributed by atoms with Gasteiger partial charge in [-0.25, -0.2) is 0 Å². The van der Waals surface area contributed by atoms with E-state index >= 15 is 0 Å². The van der Waals surface area contributed by atoms with Gasteiger partial charge in [-0.1, -0.05) is 11.6 Å². The van der Waals surface area contributed by atoms with Crippen LogP contribution in [0.2, 0.25) is 5.02 Å². The second kappa shape index (κ2) is 5.33. The summed E-state index contributed by atoms with van der Waals surface area (Å²) >= 11 is 9.40. The van der Waals surface area contributed by atoms with Crippen LogP contribution in [0, 0.1) is 6.92 Å². The first-order chi connectivity index (χ1) is 8.47. The Hall–Kier alpha value is -1.000. The quantitative estimate of drug-likeness (QED) is 0.909. The monoisotopic (exact) mass is 327 g/mol. The van der Waals surface area contributed by atoms with Gasteiger partial charge in [-0.05, 0) is 48.0 Å². The third-order valence-corrected chi connectivity index (χ3v) is 4.03. The predicted molar refractivity (Wildman–Crippen MR) is 79.1 cm³/mol. The van der Waals surface area contributed by atoms with E-state index in [1.807, 2.05) is 43.0 Å². The van der Waals surface area contributed by atoms with Gasteiger partial charge in [0.05, 0.1) is 16.8 Å². The minimum atomic E-state index is 0.201. The SMILES string of the molecule is Cc1nn(C)cc1C(C)Nc1ccc(Cl)c(Br)c1. The number of halogens is 2. The van der Waals surface area contributed by atoms with Gasteiger partial charge in [-0.15, -0.1) is 0 Å². The lowest BCUT2D eigenvalue weighted by atomic mass is 10.1. The van der Waals surface area contributed by atoms with Crippen molar-refractivity contribution in [3.63, 3.8) is 0 Å². The number of nitrogens with zero attached hydrogens (tertiary/aromatic N) is 2. The van der Waals surface area contributed by atoms with E-state index in [1.165, 1.54) is 5.56 Å². The van der Waals surface area contributed by atoms with E-state index in [1.54, 1.807) is 0 Å². The molecule has 0 radical (unpaired) electrons. The first kappa shape index (κ1) is 13.4. The summed E-state index contributed by atoms with van der Waals surface area (Å²) in [7, 11) is 1.93. The van der Waals surface area contributed by atoms with Crippen molar-refractivity contribution >= 4 is 33.2 Å². The maximum Gasteiger partial charge on any atom is 0.0646 e. The topological polar surface area (TPSA) is 29.9 Å². The largest absolute Gasteiger partial charge is 0.378 e. The fourth-order valence-corrected chi connectivity index (χ4v) is 2.45. The maximum absolute atomic E-state index is 5.97. The number of hydrogen-bond acceptors (Lipinski definition) is 2. The van der Waals surface area contributed by atoms with E-state index in [9.17, 15) is 0 Å². The summed E-state index contributed by atoms with van der Waals surface area (Å²) in [6.45, 7) is 4.14. The second-order valence-electron chi connectivity index (χ2n) is 4.34. The molecule has 0 aliphatic rings. The molecule has 1 heterocycles. The van der Waals surface area contributed by atoms with Crippen LogP contribution < -0.4 is 5.32 Å². The summed E-state index contributed by atoms with van der Waals surface area (Å²) in [5.74, 6) is 0. The van der Waals surface area contributed by atoms with E-state index < -0.39 is 0 Å². The van der Waals surface area contributed by atoms with Crippen LogP contribution in [0.1, 0.15) is 24.2 Å². The van der Waals surface area contributed by atoms with Gasteiger partial charge in [0.2, 0.25) is 0 Å². The minimum Gasteiger partial charge on any atom is -0.378 e. The van der Waals surface area contributed by atoms with Crippen LogP contribution in [0.3, 0.4) is 0 Å². The van der Waals surface area contributed by atoms with Crippen molar-refractivity contribution in [1.82, 2.24) is 9.78 Å². The number of rotatable bonds is 3. The van der Waals surface area contributed by atoms with Gasteiger partial charge in [0.1, 0.15) is 0 Å². The van der Waals surface area contributed by atoms with Crippen molar-refractivity contribution < 1.29 is 0 Å². The molecule has 0 bridgehead atoms. The highest BCUT2D eigenvalue weighted by molar-refractivity contribution is 9.10. The highest BCUT2D eigenvalue weighted by atomic mass is 79.9. The first-order valence-electron chi connectivity index (χ1n) is 5.69. The zero-order valence-corrected chi connectivity index (χ0v) is 12.9. The Morgan fingerprint density at radius 1 is 1.44 bits per heavy atom. The normalized spacial score (nSPS) is 12.5. The van der Waals surface area contributed by atoms with Crippen molar-refractivity contribution in [3.8, 4) is 0 Å². The van der Waals surface area contributed by atoms with E-state index in [0.717, 1.165) is 15.9 Å². The second-order valence-corrected chi connectivity index (χ2v) is 5.60. The molecule has 0 aliphatic carbocycles. The Bertz CT molecular complexity index is 565. The van der Waals surface area contributed by atoms with Gasteiger partial charge >= 0.3 is 0 Å². The third kappa shape index (κ3) is 2.87. The summed E-state index contributed by atoms with van der Waals surface area (Å²) in [6.07, 6.45) is 2.04. The van der Waals surface area contributed by atoms with Crippen molar-refractivity contribution in [2.24, 2.45) is 7.05 Å². The van der Waals surface area contributed by atoms with E-state index in [-0.39, 0.29) is 6.04 Å². The van der Waals surface area contributed by atoms with Crippen LogP contribution in [-0.4, -0.2) is 9.78 Å². The molecule has 1 aromatic carbocycles. The molecule has 0 fully saturated rings. The molecule has 0 saturated carbocycles. The minimum absolute atomic E-state index is 0.201. The smallest absolute Gasteiger partial charge is 0.0646 e. The molecule has 1 atom stereocenters. The Morgan fingerprint density at radius 2 is 2.17 bits per heavy atom. The Balaban J connectivity index is 2.18. The molecule has 0 spiro atoms. The number of aromatic nitrogens is 2. The summed E-state index contributed by atoms with van der Waals surface area (Å²) in [5, 5.41) is 8.50. The molecule has 1 aromatic heterocycles. The van der Waals surface area contributed by atoms with E-state index in [2.05, 4.69) is 33.3 Å². The number of benzene rings is 1. The van der Waals surface area contributed by atoms with Crippen LogP contribution in [-0.2, 0) is 7.05 Å². The third-order valence-electron chi connectivity index (χ3n) is 2.82. The molecule has 0 amide bonds. The van der Waals surface area contributed by atoms with Gasteiger partial charge in [-0.2, -0.15) is 5.10 Å². The average molecular weight is 329 g/mol. The molecule has 96 valence electrons. The molecule has 2 aromatic rings. The van der Waals surface area contributed by atoms with Gasteiger partial charge in [0.15, 0.2) is 0 Å². The summed E-state index contributed by atoms with van der Waals surface area (Å²) in [5.41, 5.74) is 3.27. The fourth-order valence-electron chi connectivity index (χ4n) is 1.96. The molecule has 3 nitrogen and oxygen atoms in total. The van der Waals surface area contributed by atoms with E-state index in [4.69, 9.17) is 11.6 Å². The Labute approximate surface area is 120 Å². The number of hydrogen-bond donors (Lipinski definition) is 1. The van der Waals surface area contributed by atoms with Crippen molar-refractivity contribution in [1.29, 1.82) is 0 Å². The lowest BCUT2D eigenvalue weighted by Gasteiger charge is -2.15. The molecular formula is C13H15BrClN3. The molecule has 1 unspecified atom stereocenters. The highest BCUT2D eigenvalue weighted by Gasteiger charge is 2.11. The van der Waals surface area contributed by atoms with Crippen LogP contribution >= 0.6 is 27.5 Å². The molecule has 0 saturated heterocycles. The lowest BCUT2D eigenvalue weighted by molar-refractivity contribution is 0.756. The highest BCUT2D eigenvalue weighted by Crippen LogP contribution is 2.28. The van der Waals surface area contributed by atoms with Crippen LogP contribution in [0.4, 0.5) is 5.69 Å². The Kier molecular flexibility index (Phi) is 3.97. The predicted octanol–water partition coefficient (Wildman–Crippen LogP) is 4.32. The zero-order valence-electron chi connectivity index (χ0n) is 10.5.